The predicted octanol–water partition coefficient (Wildman–Crippen LogP) is -1.90. The Morgan fingerprint density at radius 1 is 1.83 bits per heavy atom. The van der Waals surface area contributed by atoms with Crippen LogP contribution < -0.4 is 51.4 Å². The van der Waals surface area contributed by atoms with E-state index in [-0.39, 0.29) is 52.8 Å². The number of aldehydes is 1. The maximum absolute atomic E-state index is 9.40. The van der Waals surface area contributed by atoms with E-state index in [4.69, 9.17) is 0 Å². The van der Waals surface area contributed by atoms with Gasteiger partial charge in [-0.3, -0.25) is 0 Å². The zero-order valence-corrected chi connectivity index (χ0v) is 7.52. The van der Waals surface area contributed by atoms with Gasteiger partial charge in [0, 0.05) is 6.42 Å². The Kier molecular flexibility index (Phi) is 16.5. The van der Waals surface area contributed by atoms with Crippen LogP contribution in [-0.2, 0) is 4.79 Å². The number of carbonyl (C=O) groups is 1. The van der Waals surface area contributed by atoms with E-state index in [1.807, 2.05) is 6.92 Å². The zero-order valence-electron chi connectivity index (χ0n) is 5.40. The molecule has 0 saturated carbocycles. The van der Waals surface area contributed by atoms with E-state index in [9.17, 15) is 4.79 Å². The molecule has 0 bridgehead atoms. The molecule has 0 aromatic carbocycles. The summed E-state index contributed by atoms with van der Waals surface area (Å²) in [4.78, 5) is 9.40. The summed E-state index contributed by atoms with van der Waals surface area (Å²) >= 11 is 0. The molecule has 0 spiro atoms. The molecule has 0 radical (unpaired) electrons. The molecule has 0 unspecified atom stereocenters. The average Bonchev–Trinajstić information content (AvgIpc) is 1.41. The largest absolute Gasteiger partial charge is 1.00 e. The molecule has 6 heavy (non-hydrogen) atoms. The van der Waals surface area contributed by atoms with Gasteiger partial charge in [0.25, 0.3) is 0 Å². The van der Waals surface area contributed by atoms with Crippen molar-refractivity contribution in [3.05, 3.63) is 0 Å². The van der Waals surface area contributed by atoms with Crippen LogP contribution in [0.5, 0.6) is 0 Å². The van der Waals surface area contributed by atoms with Crippen LogP contribution in [0, 0.1) is 0 Å². The molecule has 0 aromatic rings. The normalized spacial score (nSPS) is 6.17. The summed E-state index contributed by atoms with van der Waals surface area (Å²) in [5.74, 6) is 0. The van der Waals surface area contributed by atoms with Crippen molar-refractivity contribution < 1.29 is 57.6 Å². The van der Waals surface area contributed by atoms with Gasteiger partial charge in [-0.05, 0) is 6.42 Å². The first-order valence-electron chi connectivity index (χ1n) is 1.85. The van der Waals surface area contributed by atoms with Crippen molar-refractivity contribution in [3.8, 4) is 0 Å². The Bertz CT molecular complexity index is 32.9. The summed E-state index contributed by atoms with van der Waals surface area (Å²) in [7, 11) is 0. The summed E-state index contributed by atoms with van der Waals surface area (Å²) in [6.45, 7) is 1.98. The second-order valence-electron chi connectivity index (χ2n) is 0.955. The predicted molar refractivity (Wildman–Crippen MR) is 22.1 cm³/mol. The SMILES string of the molecule is CCCC=O.[H-].[K+]. The van der Waals surface area contributed by atoms with Crippen LogP contribution in [0.25, 0.3) is 0 Å². The van der Waals surface area contributed by atoms with E-state index in [2.05, 4.69) is 0 Å². The fourth-order valence-corrected chi connectivity index (χ4v) is 0.118. The fourth-order valence-electron chi connectivity index (χ4n) is 0.118. The van der Waals surface area contributed by atoms with Gasteiger partial charge >= 0.3 is 51.4 Å². The van der Waals surface area contributed by atoms with Crippen molar-refractivity contribution in [1.82, 2.24) is 0 Å². The van der Waals surface area contributed by atoms with Crippen LogP contribution in [0.2, 0.25) is 0 Å². The van der Waals surface area contributed by atoms with Crippen molar-refractivity contribution >= 4 is 6.29 Å². The summed E-state index contributed by atoms with van der Waals surface area (Å²) in [5.41, 5.74) is 0. The first-order valence-corrected chi connectivity index (χ1v) is 1.85. The molecule has 0 aliphatic heterocycles. The van der Waals surface area contributed by atoms with E-state index in [0.717, 1.165) is 12.7 Å². The molecule has 32 valence electrons. The van der Waals surface area contributed by atoms with Gasteiger partial charge in [0.15, 0.2) is 0 Å². The van der Waals surface area contributed by atoms with Crippen LogP contribution in [0.15, 0.2) is 0 Å². The van der Waals surface area contributed by atoms with E-state index < -0.39 is 0 Å². The summed E-state index contributed by atoms with van der Waals surface area (Å²) in [5, 5.41) is 0. The third-order valence-electron chi connectivity index (χ3n) is 0.407. The molecular formula is C4H9KO. The van der Waals surface area contributed by atoms with Crippen molar-refractivity contribution in [3.63, 3.8) is 0 Å². The zero-order chi connectivity index (χ0) is 4.12. The van der Waals surface area contributed by atoms with Crippen LogP contribution >= 0.6 is 0 Å². The van der Waals surface area contributed by atoms with Crippen LogP contribution in [0.3, 0.4) is 0 Å². The molecule has 0 heterocycles. The molecule has 0 saturated heterocycles. The quantitative estimate of drug-likeness (QED) is 0.301. The number of hydrogen-bond donors (Lipinski definition) is 0. The maximum Gasteiger partial charge on any atom is 1.00 e. The second kappa shape index (κ2) is 9.58. The Balaban J connectivity index is -0.0000000800. The third-order valence-corrected chi connectivity index (χ3v) is 0.407. The van der Waals surface area contributed by atoms with Crippen LogP contribution in [-0.4, -0.2) is 6.29 Å². The van der Waals surface area contributed by atoms with Crippen LogP contribution in [0.4, 0.5) is 0 Å². The number of rotatable bonds is 2. The second-order valence-corrected chi connectivity index (χ2v) is 0.955. The molecule has 0 atom stereocenters. The van der Waals surface area contributed by atoms with E-state index >= 15 is 0 Å². The van der Waals surface area contributed by atoms with Gasteiger partial charge < -0.3 is 6.22 Å². The van der Waals surface area contributed by atoms with Crippen molar-refractivity contribution in [2.75, 3.05) is 0 Å². The van der Waals surface area contributed by atoms with Crippen LogP contribution in [0.1, 0.15) is 21.2 Å². The van der Waals surface area contributed by atoms with Crippen molar-refractivity contribution in [2.45, 2.75) is 19.8 Å². The Hall–Kier alpha value is 1.31. The van der Waals surface area contributed by atoms with Gasteiger partial charge in [0.05, 0.1) is 0 Å². The Morgan fingerprint density at radius 2 is 2.33 bits per heavy atom. The molecule has 0 rings (SSSR count). The Morgan fingerprint density at radius 3 is 2.33 bits per heavy atom. The minimum Gasteiger partial charge on any atom is -1.00 e. The summed E-state index contributed by atoms with van der Waals surface area (Å²) < 4.78 is 0. The van der Waals surface area contributed by atoms with E-state index in [0.29, 0.717) is 6.42 Å². The minimum atomic E-state index is 0. The molecular weight excluding hydrogens is 103 g/mol. The number of hydrogen-bond acceptors (Lipinski definition) is 1. The molecule has 0 aromatic heterocycles. The average molecular weight is 112 g/mol. The van der Waals surface area contributed by atoms with Gasteiger partial charge in [-0.25, -0.2) is 0 Å². The first-order chi connectivity index (χ1) is 2.41. The Labute approximate surface area is 82.4 Å². The maximum atomic E-state index is 9.40. The monoisotopic (exact) mass is 112 g/mol. The van der Waals surface area contributed by atoms with Gasteiger partial charge in [-0.2, -0.15) is 0 Å². The fraction of sp³-hybridized carbons (Fsp3) is 0.750. The van der Waals surface area contributed by atoms with Crippen molar-refractivity contribution in [1.29, 1.82) is 0 Å². The van der Waals surface area contributed by atoms with Gasteiger partial charge in [0.2, 0.25) is 0 Å². The van der Waals surface area contributed by atoms with E-state index in [1.165, 1.54) is 0 Å². The summed E-state index contributed by atoms with van der Waals surface area (Å²) in [6.07, 6.45) is 2.61. The standard InChI is InChI=1S/C4H8O.K.H/c1-2-3-4-5;;/h4H,2-3H2,1H3;;/q;+1;-1. The topological polar surface area (TPSA) is 17.1 Å². The third kappa shape index (κ3) is 9.00. The first kappa shape index (κ1) is 10.3. The number of unbranched alkanes of at least 4 members (excludes halogenated alkanes) is 1. The van der Waals surface area contributed by atoms with Gasteiger partial charge in [0.1, 0.15) is 6.29 Å². The smallest absolute Gasteiger partial charge is 1.00 e. The molecule has 0 amide bonds. The molecule has 1 nitrogen and oxygen atoms in total. The van der Waals surface area contributed by atoms with E-state index in [1.54, 1.807) is 0 Å². The number of carbonyl (C=O) groups excluding carboxylic acids is 1. The molecule has 0 aliphatic rings. The molecule has 0 aliphatic carbocycles. The van der Waals surface area contributed by atoms with Crippen molar-refractivity contribution in [2.24, 2.45) is 0 Å². The molecule has 2 heteroatoms. The molecule has 0 fully saturated rings. The van der Waals surface area contributed by atoms with Gasteiger partial charge in [-0.15, -0.1) is 0 Å². The molecule has 0 N–H and O–H groups in total. The summed E-state index contributed by atoms with van der Waals surface area (Å²) in [6, 6.07) is 0. The van der Waals surface area contributed by atoms with Gasteiger partial charge in [-0.1, -0.05) is 6.92 Å². The minimum absolute atomic E-state index is 0.